The van der Waals surface area contributed by atoms with Crippen LogP contribution in [-0.2, 0) is 19.7 Å². The zero-order chi connectivity index (χ0) is 6.20. The summed E-state index contributed by atoms with van der Waals surface area (Å²) in [4.78, 5) is 0. The minimum absolute atomic E-state index is 0.710. The fraction of sp³-hybridized carbons (Fsp3) is 1.00. The van der Waals surface area contributed by atoms with Crippen molar-refractivity contribution in [3.8, 4) is 0 Å². The molecule has 0 amide bonds. The molecule has 1 heterocycles. The normalized spacial score (nSPS) is 46.0. The van der Waals surface area contributed by atoms with Crippen molar-refractivity contribution in [2.45, 2.75) is 5.97 Å². The lowest BCUT2D eigenvalue weighted by atomic mass is 10.6. The second kappa shape index (κ2) is 1.74. The summed E-state index contributed by atoms with van der Waals surface area (Å²) < 4.78 is 17.9. The fourth-order valence-electron chi connectivity index (χ4n) is 0.272. The molecule has 1 aliphatic rings. The van der Waals surface area contributed by atoms with E-state index < -0.39 is 23.9 Å². The quantitative estimate of drug-likeness (QED) is 0.451. The van der Waals surface area contributed by atoms with Crippen LogP contribution in [0.25, 0.3) is 0 Å². The van der Waals surface area contributed by atoms with Gasteiger partial charge in [-0.1, -0.05) is 0 Å². The Labute approximate surface area is 47.7 Å². The van der Waals surface area contributed by atoms with Gasteiger partial charge in [-0.15, -0.1) is 0 Å². The van der Waals surface area contributed by atoms with Crippen LogP contribution in [0.2, 0.25) is 0 Å². The van der Waals surface area contributed by atoms with E-state index >= 15 is 0 Å². The topological polar surface area (TPSA) is 76.0 Å². The average Bonchev–Trinajstić information content (AvgIpc) is 1.63. The smallest absolute Gasteiger partial charge is 0.334 e. The Bertz CT molecular complexity index is 114. The van der Waals surface area contributed by atoms with Gasteiger partial charge in [0.2, 0.25) is 0 Å². The van der Waals surface area contributed by atoms with Gasteiger partial charge in [0, 0.05) is 0 Å². The van der Waals surface area contributed by atoms with Gasteiger partial charge < -0.3 is 10.2 Å². The van der Waals surface area contributed by atoms with Gasteiger partial charge in [-0.25, -0.2) is 8.37 Å². The van der Waals surface area contributed by atoms with E-state index in [0.29, 0.717) is 0 Å². The van der Waals surface area contributed by atoms with Crippen molar-refractivity contribution in [2.24, 2.45) is 0 Å². The zero-order valence-corrected chi connectivity index (χ0v) is 4.55. The van der Waals surface area contributed by atoms with Crippen LogP contribution in [0, 0.1) is 0 Å². The van der Waals surface area contributed by atoms with Gasteiger partial charge >= 0.3 is 17.3 Å². The summed E-state index contributed by atoms with van der Waals surface area (Å²) in [6, 6.07) is 0. The molecule has 5 nitrogen and oxygen atoms in total. The predicted molar refractivity (Wildman–Crippen MR) is 22.3 cm³/mol. The van der Waals surface area contributed by atoms with Gasteiger partial charge in [-0.2, -0.15) is 4.21 Å². The summed E-state index contributed by atoms with van der Waals surface area (Å²) in [7, 11) is 0. The van der Waals surface area contributed by atoms with Crippen LogP contribution in [0.1, 0.15) is 0 Å². The van der Waals surface area contributed by atoms with Crippen LogP contribution in [0.15, 0.2) is 0 Å². The van der Waals surface area contributed by atoms with Crippen LogP contribution in [-0.4, -0.2) is 27.0 Å². The summed E-state index contributed by atoms with van der Waals surface area (Å²) >= 11 is -1.87. The van der Waals surface area contributed by atoms with E-state index in [9.17, 15) is 4.21 Å². The Balaban J connectivity index is 2.40. The van der Waals surface area contributed by atoms with Crippen LogP contribution >= 0.6 is 0 Å². The highest BCUT2D eigenvalue weighted by molar-refractivity contribution is 7.76. The van der Waals surface area contributed by atoms with Crippen LogP contribution < -0.4 is 0 Å². The second-order valence-electron chi connectivity index (χ2n) is 1.24. The molecule has 0 bridgehead atoms. The SMILES string of the molecule is O=S1OC(O)(CO)O1. The molecular weight excluding hydrogens is 136 g/mol. The number of rotatable bonds is 1. The molecule has 8 heavy (non-hydrogen) atoms. The number of hydrogen-bond donors (Lipinski definition) is 2. The van der Waals surface area contributed by atoms with E-state index in [1.807, 2.05) is 0 Å². The summed E-state index contributed by atoms with van der Waals surface area (Å²) in [5.74, 6) is -2.01. The summed E-state index contributed by atoms with van der Waals surface area (Å²) in [5.41, 5.74) is 0. The largest absolute Gasteiger partial charge is 0.388 e. The number of hydrogen-bond acceptors (Lipinski definition) is 5. The Morgan fingerprint density at radius 1 is 1.62 bits per heavy atom. The molecule has 0 unspecified atom stereocenters. The van der Waals surface area contributed by atoms with Crippen molar-refractivity contribution in [1.82, 2.24) is 0 Å². The molecule has 0 aromatic heterocycles. The molecule has 0 spiro atoms. The first-order valence-corrected chi connectivity index (χ1v) is 2.80. The number of aliphatic hydroxyl groups is 2. The Hall–Kier alpha value is -0.0100. The third-order valence-corrected chi connectivity index (χ3v) is 1.39. The van der Waals surface area contributed by atoms with Gasteiger partial charge in [0.05, 0.1) is 0 Å². The third kappa shape index (κ3) is 0.884. The molecule has 1 rings (SSSR count). The first-order valence-electron chi connectivity index (χ1n) is 1.80. The number of aliphatic hydroxyl groups excluding tert-OH is 1. The lowest BCUT2D eigenvalue weighted by Crippen LogP contribution is -2.50. The molecule has 1 aliphatic heterocycles. The van der Waals surface area contributed by atoms with Crippen LogP contribution in [0.3, 0.4) is 0 Å². The summed E-state index contributed by atoms with van der Waals surface area (Å²) in [6.45, 7) is -0.710. The van der Waals surface area contributed by atoms with Gasteiger partial charge in [0.1, 0.15) is 6.61 Å². The molecule has 1 saturated heterocycles. The second-order valence-corrected chi connectivity index (χ2v) is 1.98. The molecule has 0 aliphatic carbocycles. The van der Waals surface area contributed by atoms with E-state index in [2.05, 4.69) is 8.37 Å². The third-order valence-electron chi connectivity index (χ3n) is 0.596. The standard InChI is InChI=1S/C2H4O5S/c3-1-2(4)6-8(5)7-2/h3-4H,1H2. The van der Waals surface area contributed by atoms with E-state index in [4.69, 9.17) is 10.2 Å². The van der Waals surface area contributed by atoms with E-state index in [-0.39, 0.29) is 0 Å². The minimum Gasteiger partial charge on any atom is -0.388 e. The Kier molecular flexibility index (Phi) is 1.33. The van der Waals surface area contributed by atoms with Crippen molar-refractivity contribution >= 4 is 11.4 Å². The van der Waals surface area contributed by atoms with Gasteiger partial charge in [0.25, 0.3) is 0 Å². The van der Waals surface area contributed by atoms with Crippen molar-refractivity contribution in [3.63, 3.8) is 0 Å². The molecule has 0 saturated carbocycles. The molecule has 6 heteroatoms. The molecule has 0 atom stereocenters. The molecule has 48 valence electrons. The molecule has 1 fully saturated rings. The van der Waals surface area contributed by atoms with Crippen molar-refractivity contribution in [3.05, 3.63) is 0 Å². The van der Waals surface area contributed by atoms with Crippen LogP contribution in [0.5, 0.6) is 0 Å². The maximum atomic E-state index is 9.87. The van der Waals surface area contributed by atoms with Gasteiger partial charge in [-0.05, 0) is 0 Å². The zero-order valence-electron chi connectivity index (χ0n) is 3.73. The summed E-state index contributed by atoms with van der Waals surface area (Å²) in [6.07, 6.45) is 0. The lowest BCUT2D eigenvalue weighted by Gasteiger charge is -2.30. The monoisotopic (exact) mass is 140 g/mol. The molecular formula is C2H4O5S. The lowest BCUT2D eigenvalue weighted by molar-refractivity contribution is -0.332. The predicted octanol–water partition coefficient (Wildman–Crippen LogP) is -1.75. The van der Waals surface area contributed by atoms with E-state index in [1.165, 1.54) is 0 Å². The molecule has 0 aromatic rings. The first-order chi connectivity index (χ1) is 3.66. The van der Waals surface area contributed by atoms with Gasteiger partial charge in [-0.3, -0.25) is 0 Å². The maximum Gasteiger partial charge on any atom is 0.334 e. The highest BCUT2D eigenvalue weighted by Crippen LogP contribution is 2.22. The molecule has 2 N–H and O–H groups in total. The first kappa shape index (κ1) is 6.12. The minimum atomic E-state index is -2.01. The van der Waals surface area contributed by atoms with Crippen molar-refractivity contribution < 1.29 is 22.8 Å². The van der Waals surface area contributed by atoms with Gasteiger partial charge in [0.15, 0.2) is 0 Å². The summed E-state index contributed by atoms with van der Waals surface area (Å²) in [5, 5.41) is 16.6. The van der Waals surface area contributed by atoms with E-state index in [1.54, 1.807) is 0 Å². The average molecular weight is 140 g/mol. The Morgan fingerprint density at radius 3 is 2.25 bits per heavy atom. The molecule has 0 radical (unpaired) electrons. The Morgan fingerprint density at radius 2 is 2.12 bits per heavy atom. The molecule has 0 aromatic carbocycles. The highest BCUT2D eigenvalue weighted by atomic mass is 32.2. The van der Waals surface area contributed by atoms with Crippen LogP contribution in [0.4, 0.5) is 0 Å². The van der Waals surface area contributed by atoms with Crippen molar-refractivity contribution in [2.75, 3.05) is 6.61 Å². The maximum absolute atomic E-state index is 9.87. The fourth-order valence-corrected chi connectivity index (χ4v) is 0.815. The van der Waals surface area contributed by atoms with Crippen molar-refractivity contribution in [1.29, 1.82) is 0 Å². The van der Waals surface area contributed by atoms with E-state index in [0.717, 1.165) is 0 Å². The highest BCUT2D eigenvalue weighted by Gasteiger charge is 2.45.